The van der Waals surface area contributed by atoms with Gasteiger partial charge in [0, 0.05) is 35.1 Å². The molecule has 0 bridgehead atoms. The van der Waals surface area contributed by atoms with Crippen molar-refractivity contribution < 1.29 is 6.15 Å². The molecule has 3 aromatic heterocycles. The summed E-state index contributed by atoms with van der Waals surface area (Å²) >= 11 is 1.43. The Morgan fingerprint density at radius 3 is 3.10 bits per heavy atom. The Balaban J connectivity index is 1.95. The van der Waals surface area contributed by atoms with Gasteiger partial charge in [-0.2, -0.15) is 9.36 Å². The van der Waals surface area contributed by atoms with Crippen LogP contribution in [0.15, 0.2) is 29.0 Å². The molecule has 0 saturated carbocycles. The van der Waals surface area contributed by atoms with E-state index in [0.29, 0.717) is 11.6 Å². The van der Waals surface area contributed by atoms with E-state index in [1.54, 1.807) is 17.5 Å². The molecular weight excluding hydrogens is 292 g/mol. The number of ether oxygens (including phenoxy) is 1. The second-order valence-corrected chi connectivity index (χ2v) is 5.03. The maximum Gasteiger partial charge on any atom is 0.368 e. The number of H-pyrrole nitrogens is 1. The molecule has 0 saturated heterocycles. The highest BCUT2D eigenvalue weighted by Crippen LogP contribution is 2.27. The van der Waals surface area contributed by atoms with Crippen molar-refractivity contribution in [3.8, 4) is 11.6 Å². The Bertz CT molecular complexity index is 876. The molecular formula is C12H12N6O2S. The van der Waals surface area contributed by atoms with E-state index in [1.165, 1.54) is 29.3 Å². The molecule has 0 unspecified atom stereocenters. The summed E-state index contributed by atoms with van der Waals surface area (Å²) in [6, 6.07) is 1.58. The van der Waals surface area contributed by atoms with Gasteiger partial charge in [0.1, 0.15) is 6.61 Å². The molecule has 0 aliphatic rings. The summed E-state index contributed by atoms with van der Waals surface area (Å²) in [5, 5.41) is 14.1. The van der Waals surface area contributed by atoms with Crippen molar-refractivity contribution in [3.63, 3.8) is 0 Å². The standard InChI is InChI=1S/C12H12N6O2S/c1-3-10-8(6-20-11-4-5-13-14-11)9(7-21-10)18-12(19)17(2)15-16-18/h3-5,7H,1,6H2,2H3,(H,13,14)/i/hT. The van der Waals surface area contributed by atoms with Gasteiger partial charge in [-0.1, -0.05) is 12.7 Å². The number of tetrazole rings is 1. The van der Waals surface area contributed by atoms with Crippen molar-refractivity contribution in [2.75, 3.05) is 0 Å². The fraction of sp³-hybridized carbons (Fsp3) is 0.167. The summed E-state index contributed by atoms with van der Waals surface area (Å²) in [7, 11) is 1.53. The molecule has 21 heavy (non-hydrogen) atoms. The number of hydrogen-bond acceptors (Lipinski definition) is 6. The summed E-state index contributed by atoms with van der Waals surface area (Å²) in [6.45, 7) is 3.94. The number of aromatic nitrogens is 6. The zero-order valence-electron chi connectivity index (χ0n) is 12.1. The summed E-state index contributed by atoms with van der Waals surface area (Å²) in [5.41, 5.74) is 1.02. The average molecular weight is 306 g/mol. The van der Waals surface area contributed by atoms with Crippen LogP contribution in [0.1, 0.15) is 10.4 Å². The van der Waals surface area contributed by atoms with Crippen molar-refractivity contribution in [1.82, 2.24) is 30.0 Å². The predicted molar refractivity (Wildman–Crippen MR) is 77.5 cm³/mol. The normalized spacial score (nSPS) is 11.4. The minimum Gasteiger partial charge on any atom is -0.472 e. The van der Waals surface area contributed by atoms with Crippen molar-refractivity contribution in [2.45, 2.75) is 6.61 Å². The van der Waals surface area contributed by atoms with E-state index in [2.05, 4.69) is 22.1 Å². The van der Waals surface area contributed by atoms with Crippen LogP contribution < -0.4 is 10.4 Å². The Kier molecular flexibility index (Phi) is 3.09. The van der Waals surface area contributed by atoms with E-state index in [4.69, 9.17) is 6.15 Å². The Labute approximate surface area is 124 Å². The van der Waals surface area contributed by atoms with Crippen LogP contribution in [0.4, 0.5) is 0 Å². The fourth-order valence-electron chi connectivity index (χ4n) is 1.79. The van der Waals surface area contributed by atoms with Crippen LogP contribution in [0.25, 0.3) is 11.8 Å². The van der Waals surface area contributed by atoms with Crippen LogP contribution in [0.5, 0.6) is 5.88 Å². The Morgan fingerprint density at radius 1 is 1.62 bits per heavy atom. The maximum absolute atomic E-state index is 12.0. The predicted octanol–water partition coefficient (Wildman–Crippen LogP) is 0.973. The highest BCUT2D eigenvalue weighted by atomic mass is 32.1. The van der Waals surface area contributed by atoms with Gasteiger partial charge in [-0.15, -0.1) is 16.4 Å². The molecule has 0 aliphatic carbocycles. The molecule has 0 amide bonds. The van der Waals surface area contributed by atoms with E-state index < -0.39 is 0 Å². The van der Waals surface area contributed by atoms with E-state index in [9.17, 15) is 4.79 Å². The lowest BCUT2D eigenvalue weighted by molar-refractivity contribution is 0.293. The summed E-state index contributed by atoms with van der Waals surface area (Å²) < 4.78 is 15.2. The van der Waals surface area contributed by atoms with Crippen molar-refractivity contribution >= 4 is 17.4 Å². The van der Waals surface area contributed by atoms with Crippen LogP contribution in [0.2, 0.25) is 1.41 Å². The minimum absolute atomic E-state index is 0.181. The number of hydrogen-bond donors (Lipinski definition) is 1. The first kappa shape index (κ1) is 12.1. The van der Waals surface area contributed by atoms with E-state index >= 15 is 0 Å². The topological polar surface area (TPSA) is 90.6 Å². The highest BCUT2D eigenvalue weighted by molar-refractivity contribution is 7.11. The molecule has 3 heterocycles. The van der Waals surface area contributed by atoms with E-state index in [-0.39, 0.29) is 12.3 Å². The first-order valence-corrected chi connectivity index (χ1v) is 6.88. The van der Waals surface area contributed by atoms with Crippen molar-refractivity contribution in [1.29, 1.82) is 0 Å². The molecule has 0 aromatic carbocycles. The molecule has 3 rings (SSSR count). The number of aryl methyl sites for hydroxylation is 1. The van der Waals surface area contributed by atoms with Gasteiger partial charge in [0.2, 0.25) is 5.88 Å². The van der Waals surface area contributed by atoms with E-state index in [0.717, 1.165) is 20.2 Å². The number of aromatic amines is 1. The quantitative estimate of drug-likeness (QED) is 0.758. The Hall–Kier alpha value is -2.68. The monoisotopic (exact) mass is 306 g/mol. The van der Waals surface area contributed by atoms with Crippen LogP contribution in [-0.2, 0) is 13.7 Å². The van der Waals surface area contributed by atoms with Gasteiger partial charge in [0.25, 0.3) is 0 Å². The first-order valence-electron chi connectivity index (χ1n) is 6.44. The molecule has 3 aromatic rings. The van der Waals surface area contributed by atoms with Gasteiger partial charge in [-0.3, -0.25) is 5.09 Å². The van der Waals surface area contributed by atoms with Gasteiger partial charge >= 0.3 is 5.69 Å². The maximum atomic E-state index is 12.0. The molecule has 0 radical (unpaired) electrons. The number of nitrogens with one attached hydrogen (secondary N) is 1. The Morgan fingerprint density at radius 2 is 2.48 bits per heavy atom. The zero-order chi connectivity index (χ0) is 15.7. The molecule has 1 N–H and O–H groups in total. The second-order valence-electron chi connectivity index (χ2n) is 4.12. The first-order chi connectivity index (χ1) is 10.6. The molecule has 108 valence electrons. The third-order valence-electron chi connectivity index (χ3n) is 2.84. The molecule has 0 fully saturated rings. The second kappa shape index (κ2) is 5.37. The average Bonchev–Trinajstić information content (AvgIpc) is 3.18. The lowest BCUT2D eigenvalue weighted by Gasteiger charge is -2.05. The number of thiophene rings is 1. The van der Waals surface area contributed by atoms with Gasteiger partial charge in [0.05, 0.1) is 5.69 Å². The van der Waals surface area contributed by atoms with Crippen LogP contribution in [-0.4, -0.2) is 30.0 Å². The van der Waals surface area contributed by atoms with Gasteiger partial charge in [-0.05, 0) is 10.4 Å². The number of nitrogens with zero attached hydrogens (tertiary/aromatic N) is 5. The SMILES string of the molecule is [3H]n1ccc(OCc2c(-n3nnn(C)c3=O)csc2C=C)n1. The summed E-state index contributed by atoms with van der Waals surface area (Å²) in [6.07, 6.45) is 3.16. The molecule has 8 nitrogen and oxygen atoms in total. The van der Waals surface area contributed by atoms with Gasteiger partial charge < -0.3 is 4.74 Å². The van der Waals surface area contributed by atoms with Crippen molar-refractivity contribution in [3.05, 3.63) is 45.1 Å². The molecule has 0 aliphatic heterocycles. The van der Waals surface area contributed by atoms with Gasteiger partial charge in [-0.25, -0.2) is 4.79 Å². The van der Waals surface area contributed by atoms with Crippen LogP contribution in [0, 0.1) is 0 Å². The smallest absolute Gasteiger partial charge is 0.368 e. The van der Waals surface area contributed by atoms with Crippen molar-refractivity contribution in [2.24, 2.45) is 7.05 Å². The van der Waals surface area contributed by atoms with Gasteiger partial charge in [0.15, 0.2) is 1.41 Å². The van der Waals surface area contributed by atoms with Crippen LogP contribution in [0.3, 0.4) is 0 Å². The minimum atomic E-state index is -0.343. The zero-order valence-corrected chi connectivity index (χ0v) is 11.9. The third-order valence-corrected chi connectivity index (χ3v) is 3.85. The molecule has 9 heteroatoms. The lowest BCUT2D eigenvalue weighted by atomic mass is 10.2. The summed E-state index contributed by atoms with van der Waals surface area (Å²) in [5.74, 6) is 0.327. The van der Waals surface area contributed by atoms with Crippen LogP contribution >= 0.6 is 11.3 Å². The fourth-order valence-corrected chi connectivity index (χ4v) is 2.67. The number of rotatable bonds is 5. The lowest BCUT2D eigenvalue weighted by Crippen LogP contribution is -2.22. The highest BCUT2D eigenvalue weighted by Gasteiger charge is 2.16. The molecule has 0 spiro atoms. The largest absolute Gasteiger partial charge is 0.472 e. The van der Waals surface area contributed by atoms with E-state index in [1.807, 2.05) is 0 Å². The molecule has 0 atom stereocenters. The third kappa shape index (κ3) is 2.38. The summed E-state index contributed by atoms with van der Waals surface area (Å²) in [4.78, 5) is 12.9.